The maximum atomic E-state index is 9.04. The monoisotopic (exact) mass is 363 g/mol. The smallest absolute Gasteiger partial charge is 0.129 e. The molecule has 24 heavy (non-hydrogen) atoms. The highest BCUT2D eigenvalue weighted by molar-refractivity contribution is 7.97. The maximum absolute atomic E-state index is 9.04. The maximum Gasteiger partial charge on any atom is 0.129 e. The van der Waals surface area contributed by atoms with E-state index in [-0.39, 0.29) is 6.61 Å². The van der Waals surface area contributed by atoms with Crippen LogP contribution in [-0.2, 0) is 0 Å². The van der Waals surface area contributed by atoms with E-state index in [0.717, 1.165) is 43.9 Å². The zero-order valence-corrected chi connectivity index (χ0v) is 15.4. The van der Waals surface area contributed by atoms with Crippen molar-refractivity contribution in [3.63, 3.8) is 0 Å². The molecule has 1 aliphatic heterocycles. The molecule has 1 aromatic heterocycles. The number of hydrogen-bond donors (Lipinski definition) is 1. The minimum absolute atomic E-state index is 0.239. The highest BCUT2D eigenvalue weighted by Gasteiger charge is 2.18. The third-order valence-electron chi connectivity index (χ3n) is 4.22. The molecule has 1 saturated heterocycles. The Morgan fingerprint density at radius 3 is 2.58 bits per heavy atom. The number of aliphatic hydroxyl groups excluding tert-OH is 1. The first kappa shape index (κ1) is 17.7. The summed E-state index contributed by atoms with van der Waals surface area (Å²) < 4.78 is 2.40. The number of aliphatic hydroxyl groups is 1. The van der Waals surface area contributed by atoms with E-state index in [1.807, 2.05) is 24.1 Å². The van der Waals surface area contributed by atoms with Crippen LogP contribution in [0.3, 0.4) is 0 Å². The number of benzene rings is 1. The first-order valence-electron chi connectivity index (χ1n) is 8.14. The summed E-state index contributed by atoms with van der Waals surface area (Å²) in [5, 5.41) is 9.56. The van der Waals surface area contributed by atoms with Crippen LogP contribution in [0.15, 0.2) is 41.4 Å². The van der Waals surface area contributed by atoms with E-state index in [4.69, 9.17) is 16.7 Å². The number of rotatable bonds is 5. The molecule has 0 saturated carbocycles. The molecule has 0 bridgehead atoms. The Labute approximate surface area is 152 Å². The van der Waals surface area contributed by atoms with E-state index in [9.17, 15) is 0 Å². The molecule has 0 atom stereocenters. The first-order chi connectivity index (χ1) is 11.7. The Kier molecular flexibility index (Phi) is 6.14. The van der Waals surface area contributed by atoms with E-state index in [1.165, 1.54) is 10.5 Å². The van der Waals surface area contributed by atoms with Crippen molar-refractivity contribution >= 4 is 23.5 Å². The molecule has 2 heterocycles. The van der Waals surface area contributed by atoms with Crippen molar-refractivity contribution < 1.29 is 5.11 Å². The van der Waals surface area contributed by atoms with Gasteiger partial charge in [-0.1, -0.05) is 23.7 Å². The van der Waals surface area contributed by atoms with Gasteiger partial charge in [0.1, 0.15) is 5.15 Å². The SMILES string of the molecule is Cc1ccc(-c2ccnc(Cl)c2)cc1SN1CCN(CCO)CC1. The van der Waals surface area contributed by atoms with E-state index in [1.54, 1.807) is 6.20 Å². The van der Waals surface area contributed by atoms with Crippen LogP contribution < -0.4 is 0 Å². The fourth-order valence-electron chi connectivity index (χ4n) is 2.78. The number of hydrogen-bond acceptors (Lipinski definition) is 5. The van der Waals surface area contributed by atoms with Gasteiger partial charge in [0.15, 0.2) is 0 Å². The van der Waals surface area contributed by atoms with Crippen molar-refractivity contribution in [3.05, 3.63) is 47.2 Å². The Bertz CT molecular complexity index is 690. The first-order valence-corrected chi connectivity index (χ1v) is 9.29. The van der Waals surface area contributed by atoms with Crippen molar-refractivity contribution in [2.45, 2.75) is 11.8 Å². The Hall–Kier alpha value is -1.11. The molecular weight excluding hydrogens is 342 g/mol. The molecule has 3 rings (SSSR count). The fraction of sp³-hybridized carbons (Fsp3) is 0.389. The fourth-order valence-corrected chi connectivity index (χ4v) is 3.97. The summed E-state index contributed by atoms with van der Waals surface area (Å²) >= 11 is 7.83. The molecule has 4 nitrogen and oxygen atoms in total. The minimum Gasteiger partial charge on any atom is -0.395 e. The molecule has 0 aliphatic carbocycles. The molecular formula is C18H22ClN3OS. The largest absolute Gasteiger partial charge is 0.395 e. The van der Waals surface area contributed by atoms with Crippen LogP contribution in [0.2, 0.25) is 5.15 Å². The molecule has 1 N–H and O–H groups in total. The predicted molar refractivity (Wildman–Crippen MR) is 100 cm³/mol. The van der Waals surface area contributed by atoms with Crippen LogP contribution in [0.25, 0.3) is 11.1 Å². The van der Waals surface area contributed by atoms with Crippen LogP contribution in [-0.4, -0.2) is 58.6 Å². The van der Waals surface area contributed by atoms with Gasteiger partial charge in [0.2, 0.25) is 0 Å². The standard InChI is InChI=1S/C18H22ClN3OS/c1-14-2-3-15(16-4-5-20-18(19)13-16)12-17(14)24-22-8-6-21(7-9-22)10-11-23/h2-5,12-13,23H,6-11H2,1H3. The number of β-amino-alcohol motifs (C(OH)–C–C–N with tert-alkyl or cyclic N) is 1. The summed E-state index contributed by atoms with van der Waals surface area (Å²) in [5.74, 6) is 0. The van der Waals surface area contributed by atoms with Gasteiger partial charge >= 0.3 is 0 Å². The molecule has 2 aromatic rings. The van der Waals surface area contributed by atoms with Crippen LogP contribution in [0, 0.1) is 6.92 Å². The highest BCUT2D eigenvalue weighted by atomic mass is 35.5. The van der Waals surface area contributed by atoms with Crippen LogP contribution in [0.4, 0.5) is 0 Å². The summed E-state index contributed by atoms with van der Waals surface area (Å²) in [6, 6.07) is 10.4. The van der Waals surface area contributed by atoms with Crippen molar-refractivity contribution in [3.8, 4) is 11.1 Å². The van der Waals surface area contributed by atoms with E-state index >= 15 is 0 Å². The van der Waals surface area contributed by atoms with Crippen molar-refractivity contribution in [2.24, 2.45) is 0 Å². The minimum atomic E-state index is 0.239. The van der Waals surface area contributed by atoms with Gasteiger partial charge in [-0.05, 0) is 53.8 Å². The quantitative estimate of drug-likeness (QED) is 0.651. The highest BCUT2D eigenvalue weighted by Crippen LogP contribution is 2.31. The molecule has 128 valence electrons. The second kappa shape index (κ2) is 8.32. The zero-order valence-electron chi connectivity index (χ0n) is 13.8. The number of halogens is 1. The molecule has 1 aromatic carbocycles. The lowest BCUT2D eigenvalue weighted by atomic mass is 10.1. The second-order valence-electron chi connectivity index (χ2n) is 5.93. The van der Waals surface area contributed by atoms with Gasteiger partial charge in [0.05, 0.1) is 6.61 Å². The lowest BCUT2D eigenvalue weighted by Crippen LogP contribution is -2.44. The summed E-state index contributed by atoms with van der Waals surface area (Å²) in [4.78, 5) is 7.63. The second-order valence-corrected chi connectivity index (χ2v) is 7.46. The number of aromatic nitrogens is 1. The third kappa shape index (κ3) is 4.49. The van der Waals surface area contributed by atoms with E-state index in [0.29, 0.717) is 5.15 Å². The summed E-state index contributed by atoms with van der Waals surface area (Å²) in [6.07, 6.45) is 1.74. The van der Waals surface area contributed by atoms with Crippen LogP contribution in [0.1, 0.15) is 5.56 Å². The lowest BCUT2D eigenvalue weighted by molar-refractivity contribution is 0.156. The van der Waals surface area contributed by atoms with E-state index in [2.05, 4.69) is 39.3 Å². The van der Waals surface area contributed by atoms with Crippen molar-refractivity contribution in [1.29, 1.82) is 0 Å². The Balaban J connectivity index is 1.71. The van der Waals surface area contributed by atoms with Crippen molar-refractivity contribution in [2.75, 3.05) is 39.3 Å². The molecule has 0 unspecified atom stereocenters. The topological polar surface area (TPSA) is 39.6 Å². The van der Waals surface area contributed by atoms with E-state index < -0.39 is 0 Å². The Morgan fingerprint density at radius 2 is 1.88 bits per heavy atom. The van der Waals surface area contributed by atoms with Gasteiger partial charge in [-0.2, -0.15) is 0 Å². The van der Waals surface area contributed by atoms with Gasteiger partial charge in [-0.15, -0.1) is 0 Å². The summed E-state index contributed by atoms with van der Waals surface area (Å²) in [5.41, 5.74) is 3.53. The van der Waals surface area contributed by atoms with Gasteiger partial charge in [0.25, 0.3) is 0 Å². The number of nitrogens with zero attached hydrogens (tertiary/aromatic N) is 3. The molecule has 1 aliphatic rings. The number of aryl methyl sites for hydroxylation is 1. The predicted octanol–water partition coefficient (Wildman–Crippen LogP) is 3.33. The third-order valence-corrected chi connectivity index (χ3v) is 5.69. The van der Waals surface area contributed by atoms with Gasteiger partial charge in [-0.3, -0.25) is 4.90 Å². The zero-order chi connectivity index (χ0) is 16.9. The van der Waals surface area contributed by atoms with Gasteiger partial charge in [-0.25, -0.2) is 9.29 Å². The number of piperazine rings is 1. The summed E-state index contributed by atoms with van der Waals surface area (Å²) in [6.45, 7) is 7.19. The molecule has 0 spiro atoms. The molecule has 0 radical (unpaired) electrons. The summed E-state index contributed by atoms with van der Waals surface area (Å²) in [7, 11) is 0. The van der Waals surface area contributed by atoms with Crippen molar-refractivity contribution in [1.82, 2.24) is 14.2 Å². The lowest BCUT2D eigenvalue weighted by Gasteiger charge is -2.33. The van der Waals surface area contributed by atoms with Gasteiger partial charge < -0.3 is 5.11 Å². The molecule has 0 amide bonds. The molecule has 6 heteroatoms. The van der Waals surface area contributed by atoms with Crippen LogP contribution >= 0.6 is 23.5 Å². The molecule has 1 fully saturated rings. The average molecular weight is 364 g/mol. The number of pyridine rings is 1. The average Bonchev–Trinajstić information content (AvgIpc) is 2.59. The normalized spacial score (nSPS) is 16.5. The van der Waals surface area contributed by atoms with Crippen LogP contribution in [0.5, 0.6) is 0 Å². The van der Waals surface area contributed by atoms with Gasteiger partial charge in [0, 0.05) is 43.8 Å². The Morgan fingerprint density at radius 1 is 1.12 bits per heavy atom.